The van der Waals surface area contributed by atoms with Crippen LogP contribution in [0.5, 0.6) is 0 Å². The third kappa shape index (κ3) is 1.88. The number of isocyanates is 1. The van der Waals surface area contributed by atoms with Crippen molar-refractivity contribution in [1.29, 1.82) is 0 Å². The molecule has 62 valence electrons. The summed E-state index contributed by atoms with van der Waals surface area (Å²) in [4.78, 5) is 13.7. The molecular formula is C8H13NO2. The van der Waals surface area contributed by atoms with Crippen LogP contribution in [-0.4, -0.2) is 24.3 Å². The topological polar surface area (TPSA) is 38.7 Å². The van der Waals surface area contributed by atoms with Gasteiger partial charge in [0.05, 0.1) is 11.6 Å². The van der Waals surface area contributed by atoms with E-state index in [0.29, 0.717) is 0 Å². The Hall–Kier alpha value is -0.660. The zero-order chi connectivity index (χ0) is 8.32. The van der Waals surface area contributed by atoms with Gasteiger partial charge >= 0.3 is 0 Å². The van der Waals surface area contributed by atoms with E-state index in [1.54, 1.807) is 6.08 Å². The molecule has 1 rings (SSSR count). The van der Waals surface area contributed by atoms with Crippen molar-refractivity contribution in [1.82, 2.24) is 0 Å². The number of ether oxygens (including phenoxy) is 1. The highest BCUT2D eigenvalue weighted by Gasteiger charge is 2.32. The van der Waals surface area contributed by atoms with E-state index < -0.39 is 5.54 Å². The summed E-state index contributed by atoms with van der Waals surface area (Å²) in [7, 11) is 0. The van der Waals surface area contributed by atoms with E-state index in [-0.39, 0.29) is 6.10 Å². The van der Waals surface area contributed by atoms with Crippen LogP contribution in [0.1, 0.15) is 26.7 Å². The van der Waals surface area contributed by atoms with Gasteiger partial charge in [0.1, 0.15) is 0 Å². The van der Waals surface area contributed by atoms with Gasteiger partial charge < -0.3 is 4.74 Å². The number of aliphatic imine (C=N–C) groups is 1. The molecule has 1 atom stereocenters. The fourth-order valence-corrected chi connectivity index (χ4v) is 1.32. The van der Waals surface area contributed by atoms with Crippen molar-refractivity contribution < 1.29 is 9.53 Å². The molecule has 0 aromatic carbocycles. The molecular weight excluding hydrogens is 142 g/mol. The summed E-state index contributed by atoms with van der Waals surface area (Å²) in [6, 6.07) is 0. The molecule has 0 amide bonds. The maximum absolute atomic E-state index is 10.0. The van der Waals surface area contributed by atoms with Crippen molar-refractivity contribution >= 4 is 6.08 Å². The number of carbonyl (C=O) groups excluding carboxylic acids is 1. The Bertz CT molecular complexity index is 177. The van der Waals surface area contributed by atoms with Gasteiger partial charge in [-0.1, -0.05) is 0 Å². The van der Waals surface area contributed by atoms with Crippen LogP contribution in [-0.2, 0) is 9.53 Å². The zero-order valence-electron chi connectivity index (χ0n) is 6.96. The van der Waals surface area contributed by atoms with Crippen molar-refractivity contribution in [2.75, 3.05) is 6.61 Å². The van der Waals surface area contributed by atoms with Gasteiger partial charge in [-0.25, -0.2) is 4.79 Å². The summed E-state index contributed by atoms with van der Waals surface area (Å²) in [6.45, 7) is 4.59. The van der Waals surface area contributed by atoms with E-state index in [2.05, 4.69) is 4.99 Å². The predicted octanol–water partition coefficient (Wildman–Crippen LogP) is 1.28. The number of hydrogen-bond donors (Lipinski definition) is 0. The molecule has 1 aliphatic rings. The first kappa shape index (κ1) is 8.44. The minimum Gasteiger partial charge on any atom is -0.376 e. The third-order valence-electron chi connectivity index (χ3n) is 2.05. The maximum atomic E-state index is 10.0. The predicted molar refractivity (Wildman–Crippen MR) is 41.2 cm³/mol. The molecule has 0 aromatic heterocycles. The Morgan fingerprint density at radius 1 is 1.64 bits per heavy atom. The highest BCUT2D eigenvalue weighted by atomic mass is 16.5. The maximum Gasteiger partial charge on any atom is 0.235 e. The van der Waals surface area contributed by atoms with Crippen LogP contribution >= 0.6 is 0 Å². The highest BCUT2D eigenvalue weighted by molar-refractivity contribution is 5.34. The van der Waals surface area contributed by atoms with Crippen LogP contribution in [0.2, 0.25) is 0 Å². The smallest absolute Gasteiger partial charge is 0.235 e. The van der Waals surface area contributed by atoms with Gasteiger partial charge in [0, 0.05) is 6.61 Å². The molecule has 3 heteroatoms. The lowest BCUT2D eigenvalue weighted by atomic mass is 9.96. The van der Waals surface area contributed by atoms with Crippen LogP contribution in [0.4, 0.5) is 0 Å². The SMILES string of the molecule is CC(C)(N=C=O)C1CCCO1. The molecule has 1 unspecified atom stereocenters. The summed E-state index contributed by atoms with van der Waals surface area (Å²) in [5.74, 6) is 0. The fourth-order valence-electron chi connectivity index (χ4n) is 1.32. The number of rotatable bonds is 2. The summed E-state index contributed by atoms with van der Waals surface area (Å²) < 4.78 is 5.40. The lowest BCUT2D eigenvalue weighted by molar-refractivity contribution is 0.0616. The van der Waals surface area contributed by atoms with Crippen LogP contribution in [0.15, 0.2) is 4.99 Å². The van der Waals surface area contributed by atoms with Crippen LogP contribution in [0.3, 0.4) is 0 Å². The largest absolute Gasteiger partial charge is 0.376 e. The van der Waals surface area contributed by atoms with Gasteiger partial charge in [-0.2, -0.15) is 4.99 Å². The molecule has 0 aliphatic carbocycles. The molecule has 1 saturated heterocycles. The average Bonchev–Trinajstić information content (AvgIpc) is 2.37. The van der Waals surface area contributed by atoms with E-state index >= 15 is 0 Å². The van der Waals surface area contributed by atoms with Gasteiger partial charge in [-0.3, -0.25) is 0 Å². The second kappa shape index (κ2) is 3.16. The van der Waals surface area contributed by atoms with E-state index in [1.165, 1.54) is 0 Å². The summed E-state index contributed by atoms with van der Waals surface area (Å²) in [5, 5.41) is 0. The Kier molecular flexibility index (Phi) is 2.42. The van der Waals surface area contributed by atoms with E-state index in [1.807, 2.05) is 13.8 Å². The first-order valence-electron chi connectivity index (χ1n) is 3.87. The van der Waals surface area contributed by atoms with Crippen molar-refractivity contribution in [2.24, 2.45) is 4.99 Å². The van der Waals surface area contributed by atoms with E-state index in [0.717, 1.165) is 19.4 Å². The molecule has 11 heavy (non-hydrogen) atoms. The van der Waals surface area contributed by atoms with Crippen LogP contribution in [0, 0.1) is 0 Å². The molecule has 0 N–H and O–H groups in total. The third-order valence-corrected chi connectivity index (χ3v) is 2.05. The van der Waals surface area contributed by atoms with Crippen LogP contribution in [0.25, 0.3) is 0 Å². The average molecular weight is 155 g/mol. The molecule has 0 bridgehead atoms. The number of nitrogens with zero attached hydrogens (tertiary/aromatic N) is 1. The molecule has 0 saturated carbocycles. The van der Waals surface area contributed by atoms with Crippen molar-refractivity contribution in [3.8, 4) is 0 Å². The highest BCUT2D eigenvalue weighted by Crippen LogP contribution is 2.25. The molecule has 1 fully saturated rings. The minimum atomic E-state index is -0.391. The second-order valence-corrected chi connectivity index (χ2v) is 3.36. The first-order valence-corrected chi connectivity index (χ1v) is 3.87. The fraction of sp³-hybridized carbons (Fsp3) is 0.875. The van der Waals surface area contributed by atoms with E-state index in [9.17, 15) is 4.79 Å². The van der Waals surface area contributed by atoms with E-state index in [4.69, 9.17) is 4.74 Å². The van der Waals surface area contributed by atoms with Gasteiger partial charge in [0.15, 0.2) is 0 Å². The lowest BCUT2D eigenvalue weighted by Gasteiger charge is -2.24. The number of hydrogen-bond acceptors (Lipinski definition) is 3. The van der Waals surface area contributed by atoms with Crippen LogP contribution < -0.4 is 0 Å². The lowest BCUT2D eigenvalue weighted by Crippen LogP contribution is -2.33. The molecule has 0 radical (unpaired) electrons. The van der Waals surface area contributed by atoms with Crippen molar-refractivity contribution in [2.45, 2.75) is 38.3 Å². The molecule has 0 aromatic rings. The summed E-state index contributed by atoms with van der Waals surface area (Å²) >= 11 is 0. The van der Waals surface area contributed by atoms with Crippen molar-refractivity contribution in [3.05, 3.63) is 0 Å². The Morgan fingerprint density at radius 3 is 2.82 bits per heavy atom. The first-order chi connectivity index (χ1) is 5.17. The van der Waals surface area contributed by atoms with Crippen molar-refractivity contribution in [3.63, 3.8) is 0 Å². The summed E-state index contributed by atoms with van der Waals surface area (Å²) in [6.07, 6.45) is 3.75. The molecule has 1 heterocycles. The molecule has 1 aliphatic heterocycles. The Balaban J connectivity index is 2.62. The normalized spacial score (nSPS) is 24.7. The quantitative estimate of drug-likeness (QED) is 0.445. The Morgan fingerprint density at radius 2 is 2.36 bits per heavy atom. The van der Waals surface area contributed by atoms with Gasteiger partial charge in [-0.15, -0.1) is 0 Å². The minimum absolute atomic E-state index is 0.101. The standard InChI is InChI=1S/C8H13NO2/c1-8(2,9-6-10)7-4-3-5-11-7/h7H,3-5H2,1-2H3. The second-order valence-electron chi connectivity index (χ2n) is 3.36. The monoisotopic (exact) mass is 155 g/mol. The van der Waals surface area contributed by atoms with Gasteiger partial charge in [-0.05, 0) is 26.7 Å². The summed E-state index contributed by atoms with van der Waals surface area (Å²) in [5.41, 5.74) is -0.391. The molecule has 0 spiro atoms. The van der Waals surface area contributed by atoms with Gasteiger partial charge in [0.2, 0.25) is 6.08 Å². The van der Waals surface area contributed by atoms with Gasteiger partial charge in [0.25, 0.3) is 0 Å². The Labute approximate surface area is 66.5 Å². The zero-order valence-corrected chi connectivity index (χ0v) is 6.96. The molecule has 3 nitrogen and oxygen atoms in total.